The first kappa shape index (κ1) is 16.5. The van der Waals surface area contributed by atoms with E-state index in [1.165, 1.54) is 0 Å². The highest BCUT2D eigenvalue weighted by atomic mass is 32.2. The molecular formula is C14H26N4O2S. The van der Waals surface area contributed by atoms with E-state index >= 15 is 0 Å². The van der Waals surface area contributed by atoms with E-state index in [-0.39, 0.29) is 6.04 Å². The average Bonchev–Trinajstić information content (AvgIpc) is 2.83. The summed E-state index contributed by atoms with van der Waals surface area (Å²) in [5.74, 6) is 0. The van der Waals surface area contributed by atoms with Crippen LogP contribution in [0.5, 0.6) is 0 Å². The van der Waals surface area contributed by atoms with Gasteiger partial charge in [-0.05, 0) is 52.7 Å². The van der Waals surface area contributed by atoms with E-state index in [1.807, 2.05) is 6.92 Å². The van der Waals surface area contributed by atoms with Crippen LogP contribution in [0, 0.1) is 6.92 Å². The highest BCUT2D eigenvalue weighted by Crippen LogP contribution is 2.17. The summed E-state index contributed by atoms with van der Waals surface area (Å²) in [6.45, 7) is 9.56. The number of aryl methyl sites for hydroxylation is 2. The predicted molar refractivity (Wildman–Crippen MR) is 82.7 cm³/mol. The van der Waals surface area contributed by atoms with Gasteiger partial charge in [0.1, 0.15) is 4.90 Å². The Morgan fingerprint density at radius 1 is 1.33 bits per heavy atom. The fraction of sp³-hybridized carbons (Fsp3) is 0.786. The number of aromatic nitrogens is 2. The number of likely N-dealkylation sites (tertiary alicyclic amines) is 1. The smallest absolute Gasteiger partial charge is 0.244 e. The molecule has 120 valence electrons. The topological polar surface area (TPSA) is 67.2 Å². The van der Waals surface area contributed by atoms with Crippen LogP contribution in [0.15, 0.2) is 11.1 Å². The molecule has 2 rings (SSSR count). The molecule has 0 unspecified atom stereocenters. The molecule has 0 saturated carbocycles. The van der Waals surface area contributed by atoms with Crippen molar-refractivity contribution in [2.75, 3.05) is 19.6 Å². The van der Waals surface area contributed by atoms with Crippen LogP contribution in [0.3, 0.4) is 0 Å². The molecule has 1 aromatic rings. The molecule has 0 aliphatic carbocycles. The number of nitrogens with zero attached hydrogens (tertiary/aromatic N) is 3. The van der Waals surface area contributed by atoms with Gasteiger partial charge in [0.05, 0.1) is 5.69 Å². The quantitative estimate of drug-likeness (QED) is 0.861. The van der Waals surface area contributed by atoms with Gasteiger partial charge in [0, 0.05) is 18.8 Å². The molecule has 2 heterocycles. The number of hydrogen-bond donors (Lipinski definition) is 1. The summed E-state index contributed by atoms with van der Waals surface area (Å²) < 4.78 is 29.5. The zero-order chi connectivity index (χ0) is 15.5. The maximum Gasteiger partial charge on any atom is 0.244 e. The molecule has 0 spiro atoms. The van der Waals surface area contributed by atoms with Crippen LogP contribution in [0.2, 0.25) is 0 Å². The van der Waals surface area contributed by atoms with Crippen molar-refractivity contribution in [3.8, 4) is 0 Å². The van der Waals surface area contributed by atoms with E-state index in [0.29, 0.717) is 17.1 Å². The van der Waals surface area contributed by atoms with Crippen LogP contribution in [-0.2, 0) is 16.6 Å². The van der Waals surface area contributed by atoms with E-state index in [1.54, 1.807) is 17.8 Å². The second-order valence-corrected chi connectivity index (χ2v) is 7.35. The number of rotatable bonds is 6. The average molecular weight is 314 g/mol. The van der Waals surface area contributed by atoms with E-state index in [2.05, 4.69) is 21.6 Å². The predicted octanol–water partition coefficient (Wildman–Crippen LogP) is 1.36. The van der Waals surface area contributed by atoms with E-state index in [9.17, 15) is 8.42 Å². The van der Waals surface area contributed by atoms with Crippen molar-refractivity contribution in [3.05, 3.63) is 11.9 Å². The lowest BCUT2D eigenvalue weighted by Gasteiger charge is -2.31. The van der Waals surface area contributed by atoms with Gasteiger partial charge < -0.3 is 4.90 Å². The Kier molecular flexibility index (Phi) is 5.40. The maximum absolute atomic E-state index is 12.5. The Hall–Kier alpha value is -0.920. The molecule has 0 radical (unpaired) electrons. The van der Waals surface area contributed by atoms with Crippen molar-refractivity contribution < 1.29 is 8.42 Å². The molecule has 1 saturated heterocycles. The molecular weight excluding hydrogens is 288 g/mol. The van der Waals surface area contributed by atoms with Gasteiger partial charge in [-0.15, -0.1) is 0 Å². The van der Waals surface area contributed by atoms with Crippen molar-refractivity contribution in [1.82, 2.24) is 19.4 Å². The fourth-order valence-corrected chi connectivity index (χ4v) is 4.29. The number of piperidine rings is 1. The third-order valence-corrected chi connectivity index (χ3v) is 5.59. The molecule has 6 nitrogen and oxygen atoms in total. The van der Waals surface area contributed by atoms with Crippen molar-refractivity contribution in [1.29, 1.82) is 0 Å². The minimum atomic E-state index is -3.46. The van der Waals surface area contributed by atoms with E-state index in [0.717, 1.165) is 38.9 Å². The Morgan fingerprint density at radius 2 is 2.00 bits per heavy atom. The summed E-state index contributed by atoms with van der Waals surface area (Å²) in [4.78, 5) is 2.70. The van der Waals surface area contributed by atoms with Gasteiger partial charge in [0.2, 0.25) is 10.0 Å². The zero-order valence-electron chi connectivity index (χ0n) is 13.2. The van der Waals surface area contributed by atoms with Gasteiger partial charge in [0.25, 0.3) is 0 Å². The molecule has 0 amide bonds. The minimum Gasteiger partial charge on any atom is -0.303 e. The van der Waals surface area contributed by atoms with Crippen LogP contribution in [0.25, 0.3) is 0 Å². The van der Waals surface area contributed by atoms with E-state index < -0.39 is 10.0 Å². The number of nitrogens with one attached hydrogen (secondary N) is 1. The lowest BCUT2D eigenvalue weighted by atomic mass is 10.1. The Bertz CT molecular complexity index is 560. The van der Waals surface area contributed by atoms with Crippen LogP contribution in [0.4, 0.5) is 0 Å². The Labute approximate surface area is 127 Å². The Balaban J connectivity index is 2.00. The summed E-state index contributed by atoms with van der Waals surface area (Å²) in [5, 5.41) is 4.21. The standard InChI is InChI=1S/C14H26N4O2S/c1-4-8-17-9-6-13(7-10-17)16-21(19,20)14-11-18(5-2)15-12(14)3/h11,13,16H,4-10H2,1-3H3. The molecule has 1 fully saturated rings. The Morgan fingerprint density at radius 3 is 2.52 bits per heavy atom. The number of hydrogen-bond acceptors (Lipinski definition) is 4. The molecule has 7 heteroatoms. The van der Waals surface area contributed by atoms with Crippen LogP contribution in [0.1, 0.15) is 38.8 Å². The van der Waals surface area contributed by atoms with Crippen LogP contribution in [-0.4, -0.2) is 48.8 Å². The molecule has 1 aliphatic rings. The van der Waals surface area contributed by atoms with Gasteiger partial charge in [-0.1, -0.05) is 6.92 Å². The highest BCUT2D eigenvalue weighted by Gasteiger charge is 2.26. The second-order valence-electron chi connectivity index (χ2n) is 5.67. The van der Waals surface area contributed by atoms with Crippen molar-refractivity contribution in [2.24, 2.45) is 0 Å². The molecule has 21 heavy (non-hydrogen) atoms. The van der Waals surface area contributed by atoms with Gasteiger partial charge in [-0.3, -0.25) is 4.68 Å². The van der Waals surface area contributed by atoms with Crippen molar-refractivity contribution in [3.63, 3.8) is 0 Å². The van der Waals surface area contributed by atoms with Crippen LogP contribution < -0.4 is 4.72 Å². The van der Waals surface area contributed by atoms with Crippen molar-refractivity contribution in [2.45, 2.75) is 57.5 Å². The fourth-order valence-electron chi connectivity index (χ4n) is 2.80. The van der Waals surface area contributed by atoms with Crippen LogP contribution >= 0.6 is 0 Å². The molecule has 1 N–H and O–H groups in total. The molecule has 0 atom stereocenters. The third-order valence-electron chi connectivity index (χ3n) is 3.96. The summed E-state index contributed by atoms with van der Waals surface area (Å²) in [6, 6.07) is 0.0347. The summed E-state index contributed by atoms with van der Waals surface area (Å²) in [7, 11) is -3.46. The van der Waals surface area contributed by atoms with Gasteiger partial charge in [0.15, 0.2) is 0 Å². The first-order valence-corrected chi connectivity index (χ1v) is 9.23. The normalized spacial score (nSPS) is 18.2. The maximum atomic E-state index is 12.5. The summed E-state index contributed by atoms with van der Waals surface area (Å²) in [5.41, 5.74) is 0.563. The van der Waals surface area contributed by atoms with Gasteiger partial charge in [-0.25, -0.2) is 13.1 Å². The highest BCUT2D eigenvalue weighted by molar-refractivity contribution is 7.89. The van der Waals surface area contributed by atoms with Gasteiger partial charge in [-0.2, -0.15) is 5.10 Å². The largest absolute Gasteiger partial charge is 0.303 e. The first-order chi connectivity index (χ1) is 9.96. The number of sulfonamides is 1. The van der Waals surface area contributed by atoms with E-state index in [4.69, 9.17) is 0 Å². The third kappa shape index (κ3) is 4.05. The zero-order valence-corrected chi connectivity index (χ0v) is 14.0. The lowest BCUT2D eigenvalue weighted by Crippen LogP contribution is -2.44. The minimum absolute atomic E-state index is 0.0347. The molecule has 0 aromatic carbocycles. The molecule has 1 aliphatic heterocycles. The summed E-state index contributed by atoms with van der Waals surface area (Å²) in [6.07, 6.45) is 4.51. The van der Waals surface area contributed by atoms with Crippen molar-refractivity contribution >= 4 is 10.0 Å². The lowest BCUT2D eigenvalue weighted by molar-refractivity contribution is 0.208. The van der Waals surface area contributed by atoms with Gasteiger partial charge >= 0.3 is 0 Å². The molecule has 1 aromatic heterocycles. The SMILES string of the molecule is CCCN1CCC(NS(=O)(=O)c2cn(CC)nc2C)CC1. The first-order valence-electron chi connectivity index (χ1n) is 7.75. The molecule has 0 bridgehead atoms. The second kappa shape index (κ2) is 6.89. The monoisotopic (exact) mass is 314 g/mol. The summed E-state index contributed by atoms with van der Waals surface area (Å²) >= 11 is 0.